The van der Waals surface area contributed by atoms with Crippen LogP contribution in [-0.4, -0.2) is 27.4 Å². The highest BCUT2D eigenvalue weighted by atomic mass is 19.4. The molecule has 4 rings (SSSR count). The molecule has 0 radical (unpaired) electrons. The number of aryl methyl sites for hydroxylation is 1. The van der Waals surface area contributed by atoms with E-state index in [0.29, 0.717) is 25.2 Å². The zero-order valence-corrected chi connectivity index (χ0v) is 15.0. The van der Waals surface area contributed by atoms with Gasteiger partial charge in [0, 0.05) is 42.0 Å². The summed E-state index contributed by atoms with van der Waals surface area (Å²) in [7, 11) is 0. The number of amides is 2. The van der Waals surface area contributed by atoms with E-state index in [2.05, 4.69) is 15.3 Å². The average Bonchev–Trinajstić information content (AvgIpc) is 2.65. The van der Waals surface area contributed by atoms with Crippen molar-refractivity contribution in [1.29, 1.82) is 0 Å². The first kappa shape index (κ1) is 18.2. The summed E-state index contributed by atoms with van der Waals surface area (Å²) in [6.07, 6.45) is -3.89. The van der Waals surface area contributed by atoms with Crippen molar-refractivity contribution >= 4 is 22.8 Å². The lowest BCUT2D eigenvalue weighted by Gasteiger charge is -2.28. The van der Waals surface area contributed by atoms with Crippen LogP contribution in [0, 0.1) is 6.92 Å². The summed E-state index contributed by atoms with van der Waals surface area (Å²) in [6, 6.07) is 9.98. The molecule has 5 nitrogen and oxygen atoms in total. The second kappa shape index (κ2) is 6.78. The second-order valence-electron chi connectivity index (χ2n) is 6.77. The number of pyridine rings is 2. The van der Waals surface area contributed by atoms with E-state index in [1.165, 1.54) is 12.1 Å². The number of hydrogen-bond acceptors (Lipinski definition) is 3. The summed E-state index contributed by atoms with van der Waals surface area (Å²) in [6.45, 7) is 2.68. The third-order valence-electron chi connectivity index (χ3n) is 4.69. The van der Waals surface area contributed by atoms with Crippen molar-refractivity contribution in [2.75, 3.05) is 11.9 Å². The molecule has 0 saturated carbocycles. The normalized spacial score (nSPS) is 14.1. The van der Waals surface area contributed by atoms with Gasteiger partial charge in [-0.05, 0) is 48.9 Å². The highest BCUT2D eigenvalue weighted by Crippen LogP contribution is 2.31. The Morgan fingerprint density at radius 2 is 1.96 bits per heavy atom. The first-order valence-electron chi connectivity index (χ1n) is 8.79. The van der Waals surface area contributed by atoms with Gasteiger partial charge in [0.05, 0.1) is 5.56 Å². The van der Waals surface area contributed by atoms with Crippen LogP contribution in [0.2, 0.25) is 0 Å². The summed E-state index contributed by atoms with van der Waals surface area (Å²) in [5, 5.41) is 3.45. The van der Waals surface area contributed by atoms with Crippen molar-refractivity contribution in [1.82, 2.24) is 14.9 Å². The van der Waals surface area contributed by atoms with Gasteiger partial charge in [0.25, 0.3) is 0 Å². The van der Waals surface area contributed by atoms with Crippen LogP contribution in [0.5, 0.6) is 0 Å². The van der Waals surface area contributed by atoms with Crippen LogP contribution in [0.4, 0.5) is 23.7 Å². The summed E-state index contributed by atoms with van der Waals surface area (Å²) in [5.41, 5.74) is 2.70. The van der Waals surface area contributed by atoms with Crippen LogP contribution in [0.1, 0.15) is 22.5 Å². The van der Waals surface area contributed by atoms with Crippen LogP contribution in [-0.2, 0) is 19.1 Å². The molecule has 1 N–H and O–H groups in total. The summed E-state index contributed by atoms with van der Waals surface area (Å²) in [4.78, 5) is 23.1. The van der Waals surface area contributed by atoms with Crippen molar-refractivity contribution < 1.29 is 18.0 Å². The number of rotatable bonds is 1. The number of carbonyl (C=O) groups excluding carboxylic acids is 1. The molecule has 3 heterocycles. The Morgan fingerprint density at radius 3 is 2.75 bits per heavy atom. The molecular weight excluding hydrogens is 369 g/mol. The lowest BCUT2D eigenvalue weighted by atomic mass is 10.0. The Labute approximate surface area is 159 Å². The number of nitrogens with one attached hydrogen (secondary N) is 1. The molecule has 1 aliphatic rings. The topological polar surface area (TPSA) is 58.1 Å². The Bertz CT molecular complexity index is 1060. The first-order valence-corrected chi connectivity index (χ1v) is 8.79. The minimum Gasteiger partial charge on any atom is -0.320 e. The summed E-state index contributed by atoms with van der Waals surface area (Å²) >= 11 is 0. The maximum atomic E-state index is 12.8. The molecule has 3 aromatic rings. The number of benzene rings is 1. The molecule has 1 aliphatic heterocycles. The lowest BCUT2D eigenvalue weighted by molar-refractivity contribution is -0.137. The van der Waals surface area contributed by atoms with Gasteiger partial charge in [-0.1, -0.05) is 6.07 Å². The molecule has 2 amide bonds. The maximum absolute atomic E-state index is 12.8. The van der Waals surface area contributed by atoms with Crippen LogP contribution in [0.3, 0.4) is 0 Å². The Kier molecular flexibility index (Phi) is 4.41. The van der Waals surface area contributed by atoms with Gasteiger partial charge in [-0.2, -0.15) is 13.2 Å². The van der Waals surface area contributed by atoms with Crippen molar-refractivity contribution in [3.05, 3.63) is 65.0 Å². The van der Waals surface area contributed by atoms with Crippen molar-refractivity contribution in [3.8, 4) is 0 Å². The molecular formula is C20H17F3N4O. The third-order valence-corrected chi connectivity index (χ3v) is 4.69. The zero-order chi connectivity index (χ0) is 19.9. The fraction of sp³-hybridized carbons (Fsp3) is 0.250. The van der Waals surface area contributed by atoms with Crippen molar-refractivity contribution in [2.24, 2.45) is 0 Å². The molecule has 0 unspecified atom stereocenters. The van der Waals surface area contributed by atoms with Gasteiger partial charge in [0.15, 0.2) is 5.65 Å². The summed E-state index contributed by atoms with van der Waals surface area (Å²) < 4.78 is 38.5. The predicted octanol–water partition coefficient (Wildman–Crippen LogP) is 4.55. The number of alkyl halides is 3. The fourth-order valence-corrected chi connectivity index (χ4v) is 3.25. The van der Waals surface area contributed by atoms with Gasteiger partial charge in [0.2, 0.25) is 0 Å². The van der Waals surface area contributed by atoms with Crippen LogP contribution in [0.25, 0.3) is 11.0 Å². The molecule has 0 aliphatic carbocycles. The molecule has 0 bridgehead atoms. The number of halogens is 3. The molecule has 8 heteroatoms. The minimum atomic E-state index is -4.45. The number of urea groups is 1. The van der Waals surface area contributed by atoms with Gasteiger partial charge in [0.1, 0.15) is 0 Å². The van der Waals surface area contributed by atoms with E-state index in [0.717, 1.165) is 34.5 Å². The zero-order valence-electron chi connectivity index (χ0n) is 15.0. The highest BCUT2D eigenvalue weighted by molar-refractivity contribution is 5.89. The first-order chi connectivity index (χ1) is 13.3. The molecule has 144 valence electrons. The monoisotopic (exact) mass is 386 g/mol. The second-order valence-corrected chi connectivity index (χ2v) is 6.77. The molecule has 0 spiro atoms. The average molecular weight is 386 g/mol. The van der Waals surface area contributed by atoms with Gasteiger partial charge in [-0.15, -0.1) is 0 Å². The number of hydrogen-bond donors (Lipinski definition) is 1. The Morgan fingerprint density at radius 1 is 1.14 bits per heavy atom. The van der Waals surface area contributed by atoms with Crippen molar-refractivity contribution in [2.45, 2.75) is 26.1 Å². The highest BCUT2D eigenvalue weighted by Gasteiger charge is 2.30. The van der Waals surface area contributed by atoms with Gasteiger partial charge >= 0.3 is 12.2 Å². The molecule has 0 saturated heterocycles. The van der Waals surface area contributed by atoms with E-state index in [-0.39, 0.29) is 5.69 Å². The largest absolute Gasteiger partial charge is 0.416 e. The maximum Gasteiger partial charge on any atom is 0.416 e. The quantitative estimate of drug-likeness (QED) is 0.668. The molecule has 1 aromatic carbocycles. The van der Waals surface area contributed by atoms with Crippen LogP contribution in [0.15, 0.2) is 42.5 Å². The standard InChI is InChI=1S/C20H17F3N4O/c1-12-5-6-13-9-14-11-27(8-7-17(14)26-18(13)24-12)19(28)25-16-4-2-3-15(10-16)20(21,22)23/h2-6,9-10H,7-8,11H2,1H3,(H,25,28). The van der Waals surface area contributed by atoms with Crippen LogP contribution >= 0.6 is 0 Å². The number of fused-ring (bicyclic) bond motifs is 2. The Balaban J connectivity index is 1.52. The van der Waals surface area contributed by atoms with Gasteiger partial charge in [-0.25, -0.2) is 14.8 Å². The molecule has 0 atom stereocenters. The summed E-state index contributed by atoms with van der Waals surface area (Å²) in [5.74, 6) is 0. The molecule has 2 aromatic heterocycles. The van der Waals surface area contributed by atoms with Gasteiger partial charge < -0.3 is 10.2 Å². The SMILES string of the molecule is Cc1ccc2cc3c(nc2n1)CCN(C(=O)Nc1cccc(C(F)(F)F)c1)C3. The van der Waals surface area contributed by atoms with E-state index < -0.39 is 17.8 Å². The lowest BCUT2D eigenvalue weighted by Crippen LogP contribution is -2.39. The van der Waals surface area contributed by atoms with Crippen molar-refractivity contribution in [3.63, 3.8) is 0 Å². The predicted molar refractivity (Wildman–Crippen MR) is 98.9 cm³/mol. The number of aromatic nitrogens is 2. The fourth-order valence-electron chi connectivity index (χ4n) is 3.25. The van der Waals surface area contributed by atoms with E-state index in [4.69, 9.17) is 0 Å². The van der Waals surface area contributed by atoms with E-state index in [1.54, 1.807) is 4.90 Å². The molecule has 0 fully saturated rings. The van der Waals surface area contributed by atoms with Gasteiger partial charge in [-0.3, -0.25) is 0 Å². The minimum absolute atomic E-state index is 0.113. The van der Waals surface area contributed by atoms with E-state index in [9.17, 15) is 18.0 Å². The van der Waals surface area contributed by atoms with E-state index in [1.807, 2.05) is 25.1 Å². The van der Waals surface area contributed by atoms with Crippen LogP contribution < -0.4 is 5.32 Å². The molecule has 28 heavy (non-hydrogen) atoms. The smallest absolute Gasteiger partial charge is 0.320 e. The number of anilines is 1. The van der Waals surface area contributed by atoms with E-state index >= 15 is 0 Å². The Hall–Kier alpha value is -3.16. The number of nitrogens with zero attached hydrogens (tertiary/aromatic N) is 3. The third kappa shape index (κ3) is 3.62. The number of carbonyl (C=O) groups is 1.